The van der Waals surface area contributed by atoms with Gasteiger partial charge in [-0.25, -0.2) is 4.98 Å². The van der Waals surface area contributed by atoms with Crippen molar-refractivity contribution in [1.82, 2.24) is 4.98 Å². The lowest BCUT2D eigenvalue weighted by Crippen LogP contribution is -2.33. The fourth-order valence-electron chi connectivity index (χ4n) is 2.09. The molecule has 0 saturated carbocycles. The Labute approximate surface area is 132 Å². The first kappa shape index (κ1) is 17.4. The van der Waals surface area contributed by atoms with Crippen molar-refractivity contribution in [2.45, 2.75) is 53.0 Å². The van der Waals surface area contributed by atoms with Crippen LogP contribution in [0.2, 0.25) is 10.0 Å². The van der Waals surface area contributed by atoms with E-state index in [1.807, 2.05) is 6.92 Å². The molecule has 5 heteroatoms. The van der Waals surface area contributed by atoms with Gasteiger partial charge in [0.25, 0.3) is 0 Å². The predicted octanol–water partition coefficient (Wildman–Crippen LogP) is 5.23. The van der Waals surface area contributed by atoms with Gasteiger partial charge in [0.15, 0.2) is 0 Å². The van der Waals surface area contributed by atoms with E-state index in [-0.39, 0.29) is 0 Å². The number of rotatable bonds is 8. The lowest BCUT2D eigenvalue weighted by molar-refractivity contribution is 0.620. The van der Waals surface area contributed by atoms with Crippen molar-refractivity contribution >= 4 is 34.8 Å². The Bertz CT molecular complexity index is 422. The van der Waals surface area contributed by atoms with Gasteiger partial charge in [0.05, 0.1) is 10.0 Å². The average molecular weight is 318 g/mol. The monoisotopic (exact) mass is 317 g/mol. The number of hydrogen-bond acceptors (Lipinski definition) is 3. The Morgan fingerprint density at radius 1 is 1.20 bits per heavy atom. The molecule has 1 N–H and O–H groups in total. The molecule has 0 radical (unpaired) electrons. The zero-order valence-corrected chi connectivity index (χ0v) is 14.4. The molecule has 0 saturated heterocycles. The second kappa shape index (κ2) is 8.58. The van der Waals surface area contributed by atoms with E-state index in [0.29, 0.717) is 21.9 Å². The third kappa shape index (κ3) is 4.71. The van der Waals surface area contributed by atoms with Crippen molar-refractivity contribution in [2.75, 3.05) is 23.3 Å². The molecule has 0 fully saturated rings. The third-order valence-electron chi connectivity index (χ3n) is 3.15. The van der Waals surface area contributed by atoms with Crippen LogP contribution in [-0.2, 0) is 0 Å². The number of hydrogen-bond donors (Lipinski definition) is 1. The molecule has 0 amide bonds. The van der Waals surface area contributed by atoms with E-state index < -0.39 is 0 Å². The van der Waals surface area contributed by atoms with Gasteiger partial charge in [-0.3, -0.25) is 0 Å². The highest BCUT2D eigenvalue weighted by molar-refractivity contribution is 6.37. The second-order valence-corrected chi connectivity index (χ2v) is 5.96. The second-order valence-electron chi connectivity index (χ2n) is 5.15. The van der Waals surface area contributed by atoms with Gasteiger partial charge in [0, 0.05) is 19.1 Å². The summed E-state index contributed by atoms with van der Waals surface area (Å²) >= 11 is 12.5. The van der Waals surface area contributed by atoms with Gasteiger partial charge in [0.2, 0.25) is 0 Å². The molecule has 114 valence electrons. The van der Waals surface area contributed by atoms with E-state index in [1.54, 1.807) is 6.07 Å². The molecule has 0 atom stereocenters. The first-order valence-electron chi connectivity index (χ1n) is 7.37. The lowest BCUT2D eigenvalue weighted by atomic mass is 10.2. The summed E-state index contributed by atoms with van der Waals surface area (Å²) in [7, 11) is 0. The molecule has 20 heavy (non-hydrogen) atoms. The van der Waals surface area contributed by atoms with Crippen molar-refractivity contribution in [3.8, 4) is 0 Å². The summed E-state index contributed by atoms with van der Waals surface area (Å²) < 4.78 is 0. The Morgan fingerprint density at radius 2 is 1.90 bits per heavy atom. The number of pyridine rings is 1. The summed E-state index contributed by atoms with van der Waals surface area (Å²) in [4.78, 5) is 6.86. The maximum Gasteiger partial charge on any atom is 0.150 e. The highest BCUT2D eigenvalue weighted by atomic mass is 35.5. The number of unbranched alkanes of at least 4 members (excludes halogenated alkanes) is 2. The van der Waals surface area contributed by atoms with Crippen LogP contribution >= 0.6 is 23.2 Å². The molecule has 3 nitrogen and oxygen atoms in total. The minimum absolute atomic E-state index is 0.354. The Kier molecular flexibility index (Phi) is 7.46. The maximum absolute atomic E-state index is 6.34. The van der Waals surface area contributed by atoms with Crippen molar-refractivity contribution in [1.29, 1.82) is 0 Å². The Hall–Kier alpha value is -0.670. The smallest absolute Gasteiger partial charge is 0.150 e. The fraction of sp³-hybridized carbons (Fsp3) is 0.667. The average Bonchev–Trinajstić information content (AvgIpc) is 2.38. The molecular formula is C15H25Cl2N3. The summed E-state index contributed by atoms with van der Waals surface area (Å²) in [5, 5.41) is 4.36. The Morgan fingerprint density at radius 3 is 2.45 bits per heavy atom. The number of anilines is 2. The van der Waals surface area contributed by atoms with Gasteiger partial charge in [-0.2, -0.15) is 0 Å². The van der Waals surface area contributed by atoms with Crippen LogP contribution in [0.15, 0.2) is 6.07 Å². The van der Waals surface area contributed by atoms with Crippen LogP contribution in [0.4, 0.5) is 11.6 Å². The van der Waals surface area contributed by atoms with Gasteiger partial charge in [-0.05, 0) is 33.3 Å². The number of aromatic nitrogens is 1. The molecule has 1 heterocycles. The van der Waals surface area contributed by atoms with Crippen LogP contribution in [0.25, 0.3) is 0 Å². The van der Waals surface area contributed by atoms with Crippen molar-refractivity contribution in [3.05, 3.63) is 16.1 Å². The molecule has 0 spiro atoms. The van der Waals surface area contributed by atoms with E-state index >= 15 is 0 Å². The summed E-state index contributed by atoms with van der Waals surface area (Å²) in [6.07, 6.45) is 3.57. The standard InChI is InChI=1S/C15H25Cl2N3/c1-5-7-8-9-20(11(3)4)15-13(17)10-12(16)14(19-15)18-6-2/h10-11H,5-9H2,1-4H3,(H,18,19). The highest BCUT2D eigenvalue weighted by Gasteiger charge is 2.17. The van der Waals surface area contributed by atoms with Crippen LogP contribution < -0.4 is 10.2 Å². The van der Waals surface area contributed by atoms with Crippen LogP contribution in [0, 0.1) is 0 Å². The molecule has 1 aromatic rings. The normalized spacial score (nSPS) is 10.9. The molecule has 0 aliphatic carbocycles. The van der Waals surface area contributed by atoms with E-state index in [4.69, 9.17) is 23.2 Å². The SMILES string of the molecule is CCCCCN(c1nc(NCC)c(Cl)cc1Cl)C(C)C. The first-order chi connectivity index (χ1) is 9.51. The minimum Gasteiger partial charge on any atom is -0.369 e. The summed E-state index contributed by atoms with van der Waals surface area (Å²) in [5.74, 6) is 1.52. The zero-order chi connectivity index (χ0) is 15.1. The van der Waals surface area contributed by atoms with Crippen molar-refractivity contribution in [3.63, 3.8) is 0 Å². The van der Waals surface area contributed by atoms with E-state index in [2.05, 4.69) is 36.0 Å². The molecule has 1 aromatic heterocycles. The summed E-state index contributed by atoms with van der Waals surface area (Å²) in [6, 6.07) is 2.13. The van der Waals surface area contributed by atoms with Gasteiger partial charge in [-0.15, -0.1) is 0 Å². The van der Waals surface area contributed by atoms with Crippen molar-refractivity contribution < 1.29 is 0 Å². The molecule has 0 bridgehead atoms. The largest absolute Gasteiger partial charge is 0.369 e. The molecular weight excluding hydrogens is 293 g/mol. The lowest BCUT2D eigenvalue weighted by Gasteiger charge is -2.29. The molecule has 0 aliphatic rings. The fourth-order valence-corrected chi connectivity index (χ4v) is 2.62. The summed E-state index contributed by atoms with van der Waals surface area (Å²) in [5.41, 5.74) is 0. The maximum atomic E-state index is 6.34. The van der Waals surface area contributed by atoms with Crippen LogP contribution in [0.1, 0.15) is 47.0 Å². The predicted molar refractivity (Wildman–Crippen MR) is 90.4 cm³/mol. The van der Waals surface area contributed by atoms with E-state index in [9.17, 15) is 0 Å². The van der Waals surface area contributed by atoms with Crippen LogP contribution in [0.5, 0.6) is 0 Å². The minimum atomic E-state index is 0.354. The Balaban J connectivity index is 3.02. The number of nitrogens with one attached hydrogen (secondary N) is 1. The quantitative estimate of drug-likeness (QED) is 0.666. The first-order valence-corrected chi connectivity index (χ1v) is 8.13. The number of nitrogens with zero attached hydrogens (tertiary/aromatic N) is 2. The topological polar surface area (TPSA) is 28.2 Å². The van der Waals surface area contributed by atoms with Crippen LogP contribution in [0.3, 0.4) is 0 Å². The van der Waals surface area contributed by atoms with Gasteiger partial charge in [0.1, 0.15) is 11.6 Å². The third-order valence-corrected chi connectivity index (χ3v) is 3.72. The molecule has 1 rings (SSSR count). The summed E-state index contributed by atoms with van der Waals surface area (Å²) in [6.45, 7) is 10.3. The van der Waals surface area contributed by atoms with Gasteiger partial charge >= 0.3 is 0 Å². The van der Waals surface area contributed by atoms with Crippen LogP contribution in [-0.4, -0.2) is 24.1 Å². The highest BCUT2D eigenvalue weighted by Crippen LogP contribution is 2.32. The van der Waals surface area contributed by atoms with Gasteiger partial charge in [-0.1, -0.05) is 43.0 Å². The van der Waals surface area contributed by atoms with Crippen molar-refractivity contribution in [2.24, 2.45) is 0 Å². The van der Waals surface area contributed by atoms with E-state index in [1.165, 1.54) is 12.8 Å². The number of halogens is 2. The molecule has 0 aliphatic heterocycles. The molecule has 0 unspecified atom stereocenters. The van der Waals surface area contributed by atoms with E-state index in [0.717, 1.165) is 25.3 Å². The molecule has 0 aromatic carbocycles. The van der Waals surface area contributed by atoms with Gasteiger partial charge < -0.3 is 10.2 Å². The zero-order valence-electron chi connectivity index (χ0n) is 12.8.